The lowest BCUT2D eigenvalue weighted by Crippen LogP contribution is -2.21. The molecule has 0 saturated carbocycles. The van der Waals surface area contributed by atoms with Crippen LogP contribution in [0.15, 0.2) is 24.5 Å². The van der Waals surface area contributed by atoms with E-state index in [4.69, 9.17) is 0 Å². The Labute approximate surface area is 119 Å². The fourth-order valence-electron chi connectivity index (χ4n) is 1.49. The summed E-state index contributed by atoms with van der Waals surface area (Å²) in [6, 6.07) is 4.92. The standard InChI is InChI=1S/C12H16IN3S/c1-9(2)14-6-11-3-4-12(17-11)8-16-7-10(13)5-15-16/h3-5,7,9,14H,6,8H2,1-2H3. The van der Waals surface area contributed by atoms with E-state index in [-0.39, 0.29) is 0 Å². The topological polar surface area (TPSA) is 29.9 Å². The van der Waals surface area contributed by atoms with Crippen molar-refractivity contribution in [1.82, 2.24) is 15.1 Å². The highest BCUT2D eigenvalue weighted by atomic mass is 127. The van der Waals surface area contributed by atoms with E-state index in [1.54, 1.807) is 0 Å². The summed E-state index contributed by atoms with van der Waals surface area (Å²) in [4.78, 5) is 2.74. The second kappa shape index (κ2) is 5.97. The smallest absolute Gasteiger partial charge is 0.0752 e. The summed E-state index contributed by atoms with van der Waals surface area (Å²) in [7, 11) is 0. The maximum Gasteiger partial charge on any atom is 0.0752 e. The van der Waals surface area contributed by atoms with Gasteiger partial charge in [0, 0.05) is 28.5 Å². The number of halogens is 1. The average molecular weight is 361 g/mol. The van der Waals surface area contributed by atoms with E-state index in [1.807, 2.05) is 22.2 Å². The third kappa shape index (κ3) is 4.08. The largest absolute Gasteiger partial charge is 0.310 e. The molecule has 5 heteroatoms. The first kappa shape index (κ1) is 13.0. The zero-order valence-corrected chi connectivity index (χ0v) is 13.0. The van der Waals surface area contributed by atoms with Gasteiger partial charge in [-0.2, -0.15) is 5.10 Å². The summed E-state index contributed by atoms with van der Waals surface area (Å²) in [6.45, 7) is 6.16. The number of nitrogens with one attached hydrogen (secondary N) is 1. The van der Waals surface area contributed by atoms with Gasteiger partial charge in [-0.25, -0.2) is 0 Å². The molecule has 0 saturated heterocycles. The van der Waals surface area contributed by atoms with Crippen molar-refractivity contribution < 1.29 is 0 Å². The van der Waals surface area contributed by atoms with E-state index in [2.05, 4.69) is 65.2 Å². The monoisotopic (exact) mass is 361 g/mol. The van der Waals surface area contributed by atoms with Crippen LogP contribution in [0.25, 0.3) is 0 Å². The fraction of sp³-hybridized carbons (Fsp3) is 0.417. The van der Waals surface area contributed by atoms with Gasteiger partial charge < -0.3 is 5.32 Å². The van der Waals surface area contributed by atoms with Crippen molar-refractivity contribution in [2.75, 3.05) is 0 Å². The van der Waals surface area contributed by atoms with Gasteiger partial charge in [-0.1, -0.05) is 13.8 Å². The van der Waals surface area contributed by atoms with E-state index < -0.39 is 0 Å². The van der Waals surface area contributed by atoms with Crippen LogP contribution in [0.5, 0.6) is 0 Å². The van der Waals surface area contributed by atoms with Gasteiger partial charge in [0.2, 0.25) is 0 Å². The molecular formula is C12H16IN3S. The highest BCUT2D eigenvalue weighted by Gasteiger charge is 2.03. The molecule has 2 rings (SSSR count). The second-order valence-corrected chi connectivity index (χ2v) is 6.76. The minimum atomic E-state index is 0.535. The van der Waals surface area contributed by atoms with Crippen LogP contribution < -0.4 is 5.32 Å². The minimum absolute atomic E-state index is 0.535. The molecule has 0 aliphatic carbocycles. The number of hydrogen-bond acceptors (Lipinski definition) is 3. The number of nitrogens with zero attached hydrogens (tertiary/aromatic N) is 2. The molecule has 92 valence electrons. The zero-order valence-electron chi connectivity index (χ0n) is 9.98. The van der Waals surface area contributed by atoms with E-state index >= 15 is 0 Å². The first-order valence-electron chi connectivity index (χ1n) is 5.62. The van der Waals surface area contributed by atoms with E-state index in [0.29, 0.717) is 6.04 Å². The Morgan fingerprint density at radius 2 is 2.18 bits per heavy atom. The van der Waals surface area contributed by atoms with Crippen LogP contribution in [0, 0.1) is 3.57 Å². The molecule has 2 aromatic rings. The first-order valence-corrected chi connectivity index (χ1v) is 7.52. The summed E-state index contributed by atoms with van der Waals surface area (Å²) in [5, 5.41) is 7.72. The van der Waals surface area contributed by atoms with E-state index in [1.165, 1.54) is 13.3 Å². The summed E-state index contributed by atoms with van der Waals surface area (Å²) < 4.78 is 3.16. The molecule has 0 radical (unpaired) electrons. The SMILES string of the molecule is CC(C)NCc1ccc(Cn2cc(I)cn2)s1. The number of thiophene rings is 1. The molecular weight excluding hydrogens is 345 g/mol. The van der Waals surface area contributed by atoms with Gasteiger partial charge in [0.1, 0.15) is 0 Å². The lowest BCUT2D eigenvalue weighted by atomic mass is 10.3. The molecule has 1 N–H and O–H groups in total. The maximum absolute atomic E-state index is 4.29. The van der Waals surface area contributed by atoms with Crippen LogP contribution in [0.3, 0.4) is 0 Å². The highest BCUT2D eigenvalue weighted by molar-refractivity contribution is 14.1. The van der Waals surface area contributed by atoms with Crippen molar-refractivity contribution in [3.63, 3.8) is 0 Å². The third-order valence-electron chi connectivity index (χ3n) is 2.32. The Bertz CT molecular complexity index is 476. The van der Waals surface area contributed by atoms with Crippen LogP contribution in [0.2, 0.25) is 0 Å². The molecule has 3 nitrogen and oxygen atoms in total. The third-order valence-corrected chi connectivity index (χ3v) is 3.95. The van der Waals surface area contributed by atoms with Crippen molar-refractivity contribution in [3.8, 4) is 0 Å². The lowest BCUT2D eigenvalue weighted by molar-refractivity contribution is 0.593. The average Bonchev–Trinajstić information content (AvgIpc) is 2.86. The van der Waals surface area contributed by atoms with Crippen molar-refractivity contribution >= 4 is 33.9 Å². The first-order chi connectivity index (χ1) is 8.13. The molecule has 0 aromatic carbocycles. The molecule has 0 atom stereocenters. The van der Waals surface area contributed by atoms with Crippen molar-refractivity contribution in [3.05, 3.63) is 37.9 Å². The quantitative estimate of drug-likeness (QED) is 0.830. The van der Waals surface area contributed by atoms with Gasteiger partial charge >= 0.3 is 0 Å². The summed E-state index contributed by atoms with van der Waals surface area (Å²) in [5.41, 5.74) is 0. The Balaban J connectivity index is 1.94. The fourth-order valence-corrected chi connectivity index (χ4v) is 2.90. The van der Waals surface area contributed by atoms with Crippen LogP contribution in [-0.2, 0) is 13.1 Å². The maximum atomic E-state index is 4.29. The van der Waals surface area contributed by atoms with Crippen LogP contribution in [0.1, 0.15) is 23.6 Å². The Kier molecular flexibility index (Phi) is 4.58. The minimum Gasteiger partial charge on any atom is -0.310 e. The number of hydrogen-bond donors (Lipinski definition) is 1. The van der Waals surface area contributed by atoms with Gasteiger partial charge in [0.05, 0.1) is 16.3 Å². The number of aromatic nitrogens is 2. The molecule has 0 unspecified atom stereocenters. The summed E-state index contributed by atoms with van der Waals surface area (Å²) >= 11 is 4.13. The van der Waals surface area contributed by atoms with E-state index in [0.717, 1.165) is 13.1 Å². The Morgan fingerprint density at radius 1 is 1.41 bits per heavy atom. The molecule has 2 heterocycles. The van der Waals surface area contributed by atoms with Crippen molar-refractivity contribution in [2.24, 2.45) is 0 Å². The van der Waals surface area contributed by atoms with Gasteiger partial charge in [0.15, 0.2) is 0 Å². The number of rotatable bonds is 5. The molecule has 0 bridgehead atoms. The molecule has 0 aliphatic rings. The van der Waals surface area contributed by atoms with E-state index in [9.17, 15) is 0 Å². The van der Waals surface area contributed by atoms with Crippen LogP contribution >= 0.6 is 33.9 Å². The predicted molar refractivity (Wildman–Crippen MR) is 80.3 cm³/mol. The normalized spacial score (nSPS) is 11.3. The Morgan fingerprint density at radius 3 is 2.82 bits per heavy atom. The Hall–Kier alpha value is -0.400. The predicted octanol–water partition coefficient (Wildman–Crippen LogP) is 3.10. The zero-order chi connectivity index (χ0) is 12.3. The van der Waals surface area contributed by atoms with Crippen molar-refractivity contribution in [2.45, 2.75) is 33.0 Å². The van der Waals surface area contributed by atoms with Gasteiger partial charge in [0.25, 0.3) is 0 Å². The second-order valence-electron chi connectivity index (χ2n) is 4.26. The lowest BCUT2D eigenvalue weighted by Gasteiger charge is -2.05. The molecule has 0 fully saturated rings. The van der Waals surface area contributed by atoms with Gasteiger partial charge in [-0.05, 0) is 34.7 Å². The highest BCUT2D eigenvalue weighted by Crippen LogP contribution is 2.17. The van der Waals surface area contributed by atoms with Gasteiger partial charge in [-0.15, -0.1) is 11.3 Å². The molecule has 0 amide bonds. The molecule has 2 aromatic heterocycles. The van der Waals surface area contributed by atoms with Crippen LogP contribution in [0.4, 0.5) is 0 Å². The molecule has 0 spiro atoms. The molecule has 0 aliphatic heterocycles. The van der Waals surface area contributed by atoms with Crippen LogP contribution in [-0.4, -0.2) is 15.8 Å². The molecule has 17 heavy (non-hydrogen) atoms. The van der Waals surface area contributed by atoms with Gasteiger partial charge in [-0.3, -0.25) is 4.68 Å². The summed E-state index contributed by atoms with van der Waals surface area (Å²) in [5.74, 6) is 0. The summed E-state index contributed by atoms with van der Waals surface area (Å²) in [6.07, 6.45) is 3.95. The van der Waals surface area contributed by atoms with Crippen molar-refractivity contribution in [1.29, 1.82) is 0 Å².